The monoisotopic (exact) mass is 286 g/mol. The fraction of sp³-hybridized carbons (Fsp3) is 0.0526. The smallest absolute Gasteiger partial charge is 0.277 e. The topological polar surface area (TPSA) is 34.9 Å². The van der Waals surface area contributed by atoms with Gasteiger partial charge in [-0.2, -0.15) is 0 Å². The lowest BCUT2D eigenvalue weighted by Crippen LogP contribution is -2.20. The molecule has 3 heteroatoms. The van der Waals surface area contributed by atoms with E-state index in [0.717, 1.165) is 27.4 Å². The highest BCUT2D eigenvalue weighted by Gasteiger charge is 2.11. The summed E-state index contributed by atoms with van der Waals surface area (Å²) < 4.78 is 1.68. The molecule has 0 unspecified atom stereocenters. The summed E-state index contributed by atoms with van der Waals surface area (Å²) >= 11 is 0. The van der Waals surface area contributed by atoms with Crippen molar-refractivity contribution in [2.75, 3.05) is 0 Å². The molecule has 0 saturated carbocycles. The summed E-state index contributed by atoms with van der Waals surface area (Å²) in [6.07, 6.45) is 0. The Morgan fingerprint density at radius 1 is 0.864 bits per heavy atom. The summed E-state index contributed by atoms with van der Waals surface area (Å²) in [6.45, 7) is 0. The van der Waals surface area contributed by atoms with Crippen LogP contribution in [-0.2, 0) is 7.05 Å². The van der Waals surface area contributed by atoms with E-state index in [0.29, 0.717) is 5.69 Å². The van der Waals surface area contributed by atoms with E-state index in [-0.39, 0.29) is 5.56 Å². The molecule has 4 rings (SSSR count). The second kappa shape index (κ2) is 4.81. The first-order chi connectivity index (χ1) is 10.7. The second-order valence-corrected chi connectivity index (χ2v) is 5.38. The van der Waals surface area contributed by atoms with Gasteiger partial charge in [-0.15, -0.1) is 0 Å². The Balaban J connectivity index is 2.11. The van der Waals surface area contributed by atoms with E-state index < -0.39 is 0 Å². The number of fused-ring (bicyclic) bond motifs is 2. The predicted molar refractivity (Wildman–Crippen MR) is 89.9 cm³/mol. The molecule has 0 spiro atoms. The van der Waals surface area contributed by atoms with E-state index in [1.54, 1.807) is 11.6 Å². The van der Waals surface area contributed by atoms with Crippen LogP contribution in [0.2, 0.25) is 0 Å². The van der Waals surface area contributed by atoms with Crippen molar-refractivity contribution in [3.63, 3.8) is 0 Å². The maximum absolute atomic E-state index is 12.6. The molecule has 22 heavy (non-hydrogen) atoms. The van der Waals surface area contributed by atoms with Crippen LogP contribution in [0.3, 0.4) is 0 Å². The number of nitrogens with zero attached hydrogens (tertiary/aromatic N) is 2. The Labute approximate surface area is 127 Å². The summed E-state index contributed by atoms with van der Waals surface area (Å²) in [5.41, 5.74) is 2.95. The number of aromatic nitrogens is 2. The first-order valence-corrected chi connectivity index (χ1v) is 7.19. The van der Waals surface area contributed by atoms with Gasteiger partial charge in [-0.05, 0) is 22.9 Å². The van der Waals surface area contributed by atoms with Crippen LogP contribution in [0, 0.1) is 0 Å². The number of aryl methyl sites for hydroxylation is 1. The number of rotatable bonds is 1. The van der Waals surface area contributed by atoms with Crippen molar-refractivity contribution in [3.8, 4) is 11.3 Å². The Hall–Kier alpha value is -2.94. The van der Waals surface area contributed by atoms with Crippen molar-refractivity contribution in [2.45, 2.75) is 0 Å². The number of hydrogen-bond donors (Lipinski definition) is 0. The molecular formula is C19H14N2O. The summed E-state index contributed by atoms with van der Waals surface area (Å²) in [5.74, 6) is 0. The van der Waals surface area contributed by atoms with Crippen molar-refractivity contribution in [3.05, 3.63) is 77.1 Å². The van der Waals surface area contributed by atoms with Gasteiger partial charge >= 0.3 is 0 Å². The third-order valence-corrected chi connectivity index (χ3v) is 3.99. The number of benzene rings is 3. The van der Waals surface area contributed by atoms with Crippen molar-refractivity contribution < 1.29 is 0 Å². The zero-order chi connectivity index (χ0) is 15.1. The van der Waals surface area contributed by atoms with Gasteiger partial charge in [-0.25, -0.2) is 4.98 Å². The van der Waals surface area contributed by atoms with Crippen LogP contribution in [0.15, 0.2) is 71.5 Å². The summed E-state index contributed by atoms with van der Waals surface area (Å²) in [4.78, 5) is 17.2. The minimum atomic E-state index is -0.0750. The lowest BCUT2D eigenvalue weighted by molar-refractivity contribution is 0.896. The molecule has 3 nitrogen and oxygen atoms in total. The van der Waals surface area contributed by atoms with E-state index in [4.69, 9.17) is 0 Å². The molecule has 0 N–H and O–H groups in total. The quantitative estimate of drug-likeness (QED) is 0.499. The van der Waals surface area contributed by atoms with E-state index in [9.17, 15) is 4.79 Å². The fourth-order valence-corrected chi connectivity index (χ4v) is 2.80. The molecule has 0 fully saturated rings. The highest BCUT2D eigenvalue weighted by atomic mass is 16.1. The number of hydrogen-bond acceptors (Lipinski definition) is 2. The largest absolute Gasteiger partial charge is 0.308 e. The average Bonchev–Trinajstić information content (AvgIpc) is 2.57. The van der Waals surface area contributed by atoms with Gasteiger partial charge in [0.25, 0.3) is 5.56 Å². The minimum absolute atomic E-state index is 0.0750. The van der Waals surface area contributed by atoms with Crippen LogP contribution in [-0.4, -0.2) is 9.55 Å². The van der Waals surface area contributed by atoms with Gasteiger partial charge in [-0.3, -0.25) is 4.79 Å². The van der Waals surface area contributed by atoms with Crippen LogP contribution < -0.4 is 5.56 Å². The average molecular weight is 286 g/mol. The van der Waals surface area contributed by atoms with Crippen LogP contribution >= 0.6 is 0 Å². The Morgan fingerprint density at radius 2 is 1.50 bits per heavy atom. The van der Waals surface area contributed by atoms with Crippen LogP contribution in [0.25, 0.3) is 33.1 Å². The van der Waals surface area contributed by atoms with Crippen LogP contribution in [0.1, 0.15) is 0 Å². The molecule has 4 aromatic rings. The Kier molecular flexibility index (Phi) is 2.79. The van der Waals surface area contributed by atoms with E-state index in [1.807, 2.05) is 60.7 Å². The van der Waals surface area contributed by atoms with Gasteiger partial charge in [0.15, 0.2) is 0 Å². The molecule has 106 valence electrons. The molecule has 1 aromatic heterocycles. The van der Waals surface area contributed by atoms with Crippen LogP contribution in [0.4, 0.5) is 0 Å². The summed E-state index contributed by atoms with van der Waals surface area (Å²) in [5, 5.41) is 2.24. The second-order valence-electron chi connectivity index (χ2n) is 5.38. The molecule has 0 saturated heterocycles. The molecule has 0 atom stereocenters. The molecule has 3 aromatic carbocycles. The summed E-state index contributed by atoms with van der Waals surface area (Å²) in [6, 6.07) is 21.8. The first kappa shape index (κ1) is 12.8. The molecule has 0 aliphatic heterocycles. The molecule has 0 bridgehead atoms. The van der Waals surface area contributed by atoms with Gasteiger partial charge in [0.2, 0.25) is 0 Å². The predicted octanol–water partition coefficient (Wildman–Crippen LogP) is 3.75. The third kappa shape index (κ3) is 1.91. The van der Waals surface area contributed by atoms with Crippen molar-refractivity contribution in [1.29, 1.82) is 0 Å². The molecule has 0 amide bonds. The highest BCUT2D eigenvalue weighted by molar-refractivity contribution is 5.95. The minimum Gasteiger partial charge on any atom is -0.308 e. The van der Waals surface area contributed by atoms with E-state index in [1.165, 1.54) is 0 Å². The SMILES string of the molecule is Cn1c(=O)c(-c2ccccc2)nc2cc3ccccc3cc21. The lowest BCUT2D eigenvalue weighted by Gasteiger charge is -2.09. The van der Waals surface area contributed by atoms with Gasteiger partial charge in [0, 0.05) is 12.6 Å². The van der Waals surface area contributed by atoms with Crippen LogP contribution in [0.5, 0.6) is 0 Å². The van der Waals surface area contributed by atoms with Crippen molar-refractivity contribution in [2.24, 2.45) is 7.05 Å². The molecule has 1 heterocycles. The third-order valence-electron chi connectivity index (χ3n) is 3.99. The fourth-order valence-electron chi connectivity index (χ4n) is 2.80. The van der Waals surface area contributed by atoms with E-state index in [2.05, 4.69) is 11.1 Å². The van der Waals surface area contributed by atoms with Gasteiger partial charge in [-0.1, -0.05) is 54.6 Å². The van der Waals surface area contributed by atoms with Crippen molar-refractivity contribution >= 4 is 21.8 Å². The van der Waals surface area contributed by atoms with Gasteiger partial charge in [0.1, 0.15) is 5.69 Å². The normalized spacial score (nSPS) is 11.1. The Morgan fingerprint density at radius 3 is 2.23 bits per heavy atom. The van der Waals surface area contributed by atoms with E-state index >= 15 is 0 Å². The zero-order valence-electron chi connectivity index (χ0n) is 12.2. The first-order valence-electron chi connectivity index (χ1n) is 7.19. The summed E-state index contributed by atoms with van der Waals surface area (Å²) in [7, 11) is 1.80. The molecular weight excluding hydrogens is 272 g/mol. The maximum Gasteiger partial charge on any atom is 0.277 e. The van der Waals surface area contributed by atoms with Crippen molar-refractivity contribution in [1.82, 2.24) is 9.55 Å². The van der Waals surface area contributed by atoms with Gasteiger partial charge in [0.05, 0.1) is 11.0 Å². The lowest BCUT2D eigenvalue weighted by atomic mass is 10.1. The zero-order valence-corrected chi connectivity index (χ0v) is 12.2. The Bertz CT molecular complexity index is 1050. The maximum atomic E-state index is 12.6. The molecule has 0 aliphatic carbocycles. The molecule has 0 aliphatic rings. The highest BCUT2D eigenvalue weighted by Crippen LogP contribution is 2.22. The standard InChI is InChI=1S/C19H14N2O/c1-21-17-12-15-10-6-5-9-14(15)11-16(17)20-18(19(21)22)13-7-3-2-4-8-13/h2-12H,1H3. The van der Waals surface area contributed by atoms with Gasteiger partial charge < -0.3 is 4.57 Å². The molecule has 0 radical (unpaired) electrons.